The van der Waals surface area contributed by atoms with Crippen LogP contribution in [0, 0.1) is 0 Å². The molecule has 0 radical (unpaired) electrons. The molecule has 0 saturated heterocycles. The van der Waals surface area contributed by atoms with Gasteiger partial charge in [0.05, 0.1) is 0 Å². The minimum atomic E-state index is 0.703. The molecule has 0 unspecified atom stereocenters. The third-order valence-electron chi connectivity index (χ3n) is 0.879. The van der Waals surface area contributed by atoms with Gasteiger partial charge in [0.2, 0.25) is 0 Å². The van der Waals surface area contributed by atoms with E-state index in [2.05, 4.69) is 12.0 Å². The summed E-state index contributed by atoms with van der Waals surface area (Å²) in [5.74, 6) is 5.11. The summed E-state index contributed by atoms with van der Waals surface area (Å²) in [4.78, 5) is 0. The van der Waals surface area contributed by atoms with Crippen molar-refractivity contribution < 1.29 is 0 Å². The zero-order chi connectivity index (χ0) is 7.98. The average Bonchev–Trinajstić information content (AvgIpc) is 1.90. The fourth-order valence-electron chi connectivity index (χ4n) is 0.380. The van der Waals surface area contributed by atoms with Crippen LogP contribution in [0.5, 0.6) is 0 Å². The lowest BCUT2D eigenvalue weighted by Crippen LogP contribution is -2.19. The third kappa shape index (κ3) is 4.18. The molecule has 0 aromatic carbocycles. The number of rotatable bonds is 3. The molecule has 2 nitrogen and oxygen atoms in total. The molecule has 0 fully saturated rings. The summed E-state index contributed by atoms with van der Waals surface area (Å²) in [7, 11) is 0. The number of hydrazine groups is 1. The predicted octanol–water partition coefficient (Wildman–Crippen LogP) is 1.66. The van der Waals surface area contributed by atoms with Crippen LogP contribution in [0.25, 0.3) is 0 Å². The van der Waals surface area contributed by atoms with Crippen LogP contribution in [0.15, 0.2) is 35.5 Å². The highest BCUT2D eigenvalue weighted by molar-refractivity contribution is 6.29. The minimum Gasteiger partial charge on any atom is -0.324 e. The average molecular weight is 159 g/mol. The number of hydrogen-bond donors (Lipinski definition) is 2. The number of hydrogen-bond acceptors (Lipinski definition) is 2. The Hall–Kier alpha value is -0.730. The van der Waals surface area contributed by atoms with Crippen LogP contribution < -0.4 is 11.3 Å². The van der Waals surface area contributed by atoms with E-state index in [1.54, 1.807) is 25.2 Å². The first kappa shape index (κ1) is 9.27. The Balaban J connectivity index is 4.12. The smallest absolute Gasteiger partial charge is 0.0479 e. The van der Waals surface area contributed by atoms with Gasteiger partial charge in [-0.3, -0.25) is 5.84 Å². The quantitative estimate of drug-likeness (QED) is 0.373. The van der Waals surface area contributed by atoms with E-state index in [0.29, 0.717) is 5.03 Å². The molecule has 0 heterocycles. The van der Waals surface area contributed by atoms with Gasteiger partial charge >= 0.3 is 0 Å². The molecule has 0 aliphatic heterocycles. The summed E-state index contributed by atoms with van der Waals surface area (Å²) in [6.07, 6.45) is 5.09. The Morgan fingerprint density at radius 1 is 1.60 bits per heavy atom. The summed E-state index contributed by atoms with van der Waals surface area (Å²) < 4.78 is 0. The van der Waals surface area contributed by atoms with E-state index < -0.39 is 0 Å². The maximum atomic E-state index is 5.55. The summed E-state index contributed by atoms with van der Waals surface area (Å²) in [6.45, 7) is 5.31. The van der Waals surface area contributed by atoms with E-state index in [1.807, 2.05) is 0 Å². The van der Waals surface area contributed by atoms with Gasteiger partial charge in [0.25, 0.3) is 0 Å². The van der Waals surface area contributed by atoms with Gasteiger partial charge in [0.1, 0.15) is 0 Å². The molecule has 3 N–H and O–H groups in total. The monoisotopic (exact) mass is 158 g/mol. The Bertz CT molecular complexity index is 166. The van der Waals surface area contributed by atoms with Crippen LogP contribution in [-0.2, 0) is 0 Å². The van der Waals surface area contributed by atoms with E-state index in [0.717, 1.165) is 5.70 Å². The number of allylic oxidation sites excluding steroid dienone is 4. The van der Waals surface area contributed by atoms with Gasteiger partial charge in [0.15, 0.2) is 0 Å². The van der Waals surface area contributed by atoms with Gasteiger partial charge in [-0.1, -0.05) is 18.2 Å². The lowest BCUT2D eigenvalue weighted by molar-refractivity contribution is 0.917. The Morgan fingerprint density at radius 3 is 2.50 bits per heavy atom. The molecular weight excluding hydrogens is 148 g/mol. The SMILES string of the molecule is C=C/C(=C\C=C(/C)Cl)NN. The molecule has 0 aliphatic rings. The van der Waals surface area contributed by atoms with Gasteiger partial charge in [-0.05, 0) is 25.2 Å². The van der Waals surface area contributed by atoms with Crippen LogP contribution in [0.3, 0.4) is 0 Å². The van der Waals surface area contributed by atoms with Crippen molar-refractivity contribution in [2.24, 2.45) is 5.84 Å². The summed E-state index contributed by atoms with van der Waals surface area (Å²) in [6, 6.07) is 0. The summed E-state index contributed by atoms with van der Waals surface area (Å²) in [5, 5.41) is 0.703. The van der Waals surface area contributed by atoms with Crippen LogP contribution >= 0.6 is 11.6 Å². The van der Waals surface area contributed by atoms with Crippen LogP contribution in [-0.4, -0.2) is 0 Å². The van der Waals surface area contributed by atoms with Crippen LogP contribution in [0.4, 0.5) is 0 Å². The second-order valence-corrected chi connectivity index (χ2v) is 2.32. The van der Waals surface area contributed by atoms with Crippen molar-refractivity contribution in [1.82, 2.24) is 5.43 Å². The van der Waals surface area contributed by atoms with Gasteiger partial charge in [-0.25, -0.2) is 0 Å². The first-order chi connectivity index (χ1) is 4.70. The van der Waals surface area contributed by atoms with Gasteiger partial charge in [-0.2, -0.15) is 0 Å². The van der Waals surface area contributed by atoms with E-state index in [9.17, 15) is 0 Å². The number of nitrogens with one attached hydrogen (secondary N) is 1. The van der Waals surface area contributed by atoms with E-state index in [1.165, 1.54) is 0 Å². The minimum absolute atomic E-state index is 0.703. The van der Waals surface area contributed by atoms with Crippen LogP contribution in [0.1, 0.15) is 6.92 Å². The van der Waals surface area contributed by atoms with Crippen molar-refractivity contribution in [3.8, 4) is 0 Å². The molecule has 0 bridgehead atoms. The number of nitrogens with two attached hydrogens (primary N) is 1. The van der Waals surface area contributed by atoms with E-state index >= 15 is 0 Å². The zero-order valence-corrected chi connectivity index (χ0v) is 6.65. The molecule has 0 atom stereocenters. The van der Waals surface area contributed by atoms with Crippen LogP contribution in [0.2, 0.25) is 0 Å². The van der Waals surface area contributed by atoms with Crippen molar-refractivity contribution in [3.05, 3.63) is 35.5 Å². The second-order valence-electron chi connectivity index (χ2n) is 1.72. The molecule has 0 spiro atoms. The fourth-order valence-corrected chi connectivity index (χ4v) is 0.443. The predicted molar refractivity (Wildman–Crippen MR) is 45.2 cm³/mol. The topological polar surface area (TPSA) is 38.0 Å². The first-order valence-corrected chi connectivity index (χ1v) is 3.21. The highest BCUT2D eigenvalue weighted by atomic mass is 35.5. The lowest BCUT2D eigenvalue weighted by Gasteiger charge is -1.95. The highest BCUT2D eigenvalue weighted by Crippen LogP contribution is 1.99. The van der Waals surface area contributed by atoms with Gasteiger partial charge in [0, 0.05) is 10.7 Å². The van der Waals surface area contributed by atoms with Crippen molar-refractivity contribution in [2.75, 3.05) is 0 Å². The highest BCUT2D eigenvalue weighted by Gasteiger charge is 1.81. The third-order valence-corrected chi connectivity index (χ3v) is 1.01. The molecule has 0 aliphatic carbocycles. The second kappa shape index (κ2) is 5.09. The maximum Gasteiger partial charge on any atom is 0.0479 e. The molecule has 0 saturated carbocycles. The van der Waals surface area contributed by atoms with Gasteiger partial charge in [-0.15, -0.1) is 0 Å². The van der Waals surface area contributed by atoms with Crippen molar-refractivity contribution in [1.29, 1.82) is 0 Å². The largest absolute Gasteiger partial charge is 0.324 e. The normalized spacial score (nSPS) is 13.1. The van der Waals surface area contributed by atoms with Crippen molar-refractivity contribution in [3.63, 3.8) is 0 Å². The maximum absolute atomic E-state index is 5.55. The van der Waals surface area contributed by atoms with E-state index in [4.69, 9.17) is 17.4 Å². The molecular formula is C7H11ClN2. The molecule has 0 rings (SSSR count). The molecule has 0 aromatic rings. The van der Waals surface area contributed by atoms with Gasteiger partial charge < -0.3 is 5.43 Å². The number of halogens is 1. The Labute approximate surface area is 66.0 Å². The Morgan fingerprint density at radius 2 is 2.20 bits per heavy atom. The molecule has 0 aromatic heterocycles. The fraction of sp³-hybridized carbons (Fsp3) is 0.143. The Kier molecular flexibility index (Phi) is 4.72. The molecule has 0 amide bonds. The first-order valence-electron chi connectivity index (χ1n) is 2.84. The molecule has 56 valence electrons. The van der Waals surface area contributed by atoms with Crippen molar-refractivity contribution in [2.45, 2.75) is 6.92 Å². The summed E-state index contributed by atoms with van der Waals surface area (Å²) >= 11 is 5.55. The summed E-state index contributed by atoms with van der Waals surface area (Å²) in [5.41, 5.74) is 3.18. The standard InChI is InChI=1S/C7H11ClN2/c1-3-7(10-9)5-4-6(2)8/h3-5,10H,1,9H2,2H3/b6-4+,7-5+. The molecule has 3 heteroatoms. The van der Waals surface area contributed by atoms with Crippen molar-refractivity contribution >= 4 is 11.6 Å². The lowest BCUT2D eigenvalue weighted by atomic mass is 10.4. The molecule has 10 heavy (non-hydrogen) atoms. The van der Waals surface area contributed by atoms with E-state index in [-0.39, 0.29) is 0 Å². The zero-order valence-electron chi connectivity index (χ0n) is 5.89.